The van der Waals surface area contributed by atoms with Crippen LogP contribution in [0.15, 0.2) is 56.7 Å². The molecule has 0 amide bonds. The van der Waals surface area contributed by atoms with E-state index >= 15 is 8.63 Å². The number of benzene rings is 1. The van der Waals surface area contributed by atoms with E-state index in [2.05, 4.69) is 15.9 Å². The topological polar surface area (TPSA) is 69.9 Å². The zero-order valence-corrected chi connectivity index (χ0v) is 27.9. The number of esters is 2. The molecular formula is C35H38BBrF2N2O4. The van der Waals surface area contributed by atoms with E-state index in [1.165, 1.54) is 18.2 Å². The number of hydrogen-bond donors (Lipinski definition) is 0. The van der Waals surface area contributed by atoms with Gasteiger partial charge >= 0.3 is 19.3 Å². The molecule has 0 bridgehead atoms. The lowest BCUT2D eigenvalue weighted by atomic mass is 9.82. The van der Waals surface area contributed by atoms with Crippen LogP contribution in [0.1, 0.15) is 91.6 Å². The van der Waals surface area contributed by atoms with Gasteiger partial charge in [0.1, 0.15) is 0 Å². The zero-order valence-electron chi connectivity index (χ0n) is 26.3. The van der Waals surface area contributed by atoms with Crippen LogP contribution in [0.4, 0.5) is 8.63 Å². The van der Waals surface area contributed by atoms with Crippen LogP contribution in [0.25, 0.3) is 11.6 Å². The summed E-state index contributed by atoms with van der Waals surface area (Å²) in [5, 5.41) is 0. The summed E-state index contributed by atoms with van der Waals surface area (Å²) >= 11 is 3.61. The van der Waals surface area contributed by atoms with Crippen LogP contribution in [-0.4, -0.2) is 42.7 Å². The van der Waals surface area contributed by atoms with Crippen molar-refractivity contribution in [2.75, 3.05) is 13.2 Å². The fourth-order valence-electron chi connectivity index (χ4n) is 6.89. The summed E-state index contributed by atoms with van der Waals surface area (Å²) in [7, 11) is -2.87. The maximum absolute atomic E-state index is 15.4. The van der Waals surface area contributed by atoms with Gasteiger partial charge in [-0.3, -0.25) is 8.63 Å². The summed E-state index contributed by atoms with van der Waals surface area (Å²) in [6.07, 6.45) is 12.3. The number of aliphatic imine (C=N–C) groups is 1. The minimum absolute atomic E-state index is 0.198. The Balaban J connectivity index is 1.88. The van der Waals surface area contributed by atoms with Gasteiger partial charge in [-0.25, -0.2) is 14.6 Å². The lowest BCUT2D eigenvalue weighted by Crippen LogP contribution is -2.19. The summed E-state index contributed by atoms with van der Waals surface area (Å²) < 4.78 is 43.1. The molecule has 0 spiro atoms. The Morgan fingerprint density at radius 3 is 2.04 bits per heavy atom. The summed E-state index contributed by atoms with van der Waals surface area (Å²) in [6.45, 7) is 7.92. The second-order valence-electron chi connectivity index (χ2n) is 11.5. The molecule has 0 radical (unpaired) electrons. The minimum Gasteiger partial charge on any atom is -0.463 e. The molecule has 1 aromatic carbocycles. The van der Waals surface area contributed by atoms with Gasteiger partial charge in [0, 0.05) is 33.6 Å². The van der Waals surface area contributed by atoms with E-state index in [9.17, 15) is 9.59 Å². The van der Waals surface area contributed by atoms with Crippen molar-refractivity contribution >= 4 is 52.6 Å². The van der Waals surface area contributed by atoms with Gasteiger partial charge in [0.15, 0.2) is 0 Å². The third-order valence-electron chi connectivity index (χ3n) is 8.60. The van der Waals surface area contributed by atoms with Crippen molar-refractivity contribution in [3.8, 4) is 0 Å². The Bertz CT molecular complexity index is 1660. The molecule has 1 aliphatic heterocycles. The normalized spacial score (nSPS) is 17.4. The highest BCUT2D eigenvalue weighted by molar-refractivity contribution is 9.10. The van der Waals surface area contributed by atoms with Crippen molar-refractivity contribution in [3.63, 3.8) is 0 Å². The highest BCUT2D eigenvalue weighted by atomic mass is 79.9. The predicted octanol–water partition coefficient (Wildman–Crippen LogP) is 8.30. The third kappa shape index (κ3) is 6.71. The number of carbonyl (C=O) groups is 2. The SMILES string of the molecule is CCOC(=O)/C=C/C1=NC(=C(/c2c(C)cc(Br)cc2C)c2c3c(c(/C=C/C(=O)OCC)n2B(F)F)CCCC3)/C2=C1CCCC2. The van der Waals surface area contributed by atoms with E-state index < -0.39 is 19.3 Å². The largest absolute Gasteiger partial charge is 0.678 e. The van der Waals surface area contributed by atoms with Crippen molar-refractivity contribution in [2.24, 2.45) is 4.99 Å². The Morgan fingerprint density at radius 1 is 0.889 bits per heavy atom. The Hall–Kier alpha value is -3.53. The molecule has 2 aromatic rings. The van der Waals surface area contributed by atoms with E-state index in [0.29, 0.717) is 41.2 Å². The van der Waals surface area contributed by atoms with Crippen LogP contribution in [0, 0.1) is 13.8 Å². The average molecular weight is 679 g/mol. The second kappa shape index (κ2) is 14.3. The molecule has 236 valence electrons. The van der Waals surface area contributed by atoms with Crippen molar-refractivity contribution in [3.05, 3.63) is 90.9 Å². The number of aromatic nitrogens is 1. The molecule has 45 heavy (non-hydrogen) atoms. The Kier molecular flexibility index (Phi) is 10.4. The summed E-state index contributed by atoms with van der Waals surface area (Å²) in [4.78, 5) is 29.7. The first-order valence-electron chi connectivity index (χ1n) is 15.7. The van der Waals surface area contributed by atoms with Gasteiger partial charge in [0.05, 0.1) is 24.6 Å². The lowest BCUT2D eigenvalue weighted by Gasteiger charge is -2.23. The molecule has 1 aromatic heterocycles. The number of carbonyl (C=O) groups excluding carboxylic acids is 2. The van der Waals surface area contributed by atoms with E-state index in [0.717, 1.165) is 86.4 Å². The zero-order chi connectivity index (χ0) is 32.2. The molecule has 0 unspecified atom stereocenters. The van der Waals surface area contributed by atoms with Gasteiger partial charge in [-0.15, -0.1) is 0 Å². The van der Waals surface area contributed by atoms with Gasteiger partial charge in [-0.1, -0.05) is 15.9 Å². The number of fused-ring (bicyclic) bond motifs is 1. The molecule has 2 heterocycles. The summed E-state index contributed by atoms with van der Waals surface area (Å²) in [5.41, 5.74) is 9.32. The molecule has 6 nitrogen and oxygen atoms in total. The van der Waals surface area contributed by atoms with Gasteiger partial charge in [-0.05, 0) is 142 Å². The van der Waals surface area contributed by atoms with Gasteiger partial charge in [0.25, 0.3) is 0 Å². The van der Waals surface area contributed by atoms with Crippen LogP contribution in [0.5, 0.6) is 0 Å². The molecule has 0 atom stereocenters. The number of rotatable bonds is 9. The van der Waals surface area contributed by atoms with Crippen molar-refractivity contribution in [1.29, 1.82) is 0 Å². The number of aryl methyl sites for hydroxylation is 2. The standard InChI is InChI=1S/C35H38BBrF2N2O4/c1-5-44-30(42)17-15-28-24-11-7-9-13-26(24)34(40-28)33(32-21(3)19-23(37)20-22(32)4)35-27-14-10-8-12-25(27)29(41(35)36(38)39)16-18-31(43)45-6-2/h15-20H,5-14H2,1-4H3/b17-15+,18-16+,34-33-. The highest BCUT2D eigenvalue weighted by Gasteiger charge is 2.37. The van der Waals surface area contributed by atoms with Crippen LogP contribution in [0.3, 0.4) is 0 Å². The van der Waals surface area contributed by atoms with Gasteiger partial charge in [-0.2, -0.15) is 0 Å². The average Bonchev–Trinajstić information content (AvgIpc) is 3.53. The first-order chi connectivity index (χ1) is 21.7. The van der Waals surface area contributed by atoms with E-state index in [1.807, 2.05) is 26.0 Å². The highest BCUT2D eigenvalue weighted by Crippen LogP contribution is 2.47. The number of halogens is 3. The van der Waals surface area contributed by atoms with Crippen LogP contribution >= 0.6 is 15.9 Å². The van der Waals surface area contributed by atoms with Crippen LogP contribution < -0.4 is 0 Å². The van der Waals surface area contributed by atoms with E-state index in [4.69, 9.17) is 14.5 Å². The smallest absolute Gasteiger partial charge is 0.463 e. The lowest BCUT2D eigenvalue weighted by molar-refractivity contribution is -0.138. The number of ether oxygens (including phenoxy) is 2. The summed E-state index contributed by atoms with van der Waals surface area (Å²) in [6, 6.07) is 4.01. The van der Waals surface area contributed by atoms with Crippen molar-refractivity contribution in [2.45, 2.75) is 79.1 Å². The first-order valence-corrected chi connectivity index (χ1v) is 16.5. The molecular weight excluding hydrogens is 641 g/mol. The molecule has 0 N–H and O–H groups in total. The maximum Gasteiger partial charge on any atom is 0.678 e. The molecule has 0 saturated carbocycles. The quantitative estimate of drug-likeness (QED) is 0.152. The Labute approximate surface area is 272 Å². The van der Waals surface area contributed by atoms with Gasteiger partial charge < -0.3 is 14.0 Å². The van der Waals surface area contributed by atoms with Gasteiger partial charge in [0.2, 0.25) is 0 Å². The number of hydrogen-bond acceptors (Lipinski definition) is 5. The number of nitrogens with zero attached hydrogens (tertiary/aromatic N) is 2. The van der Waals surface area contributed by atoms with Crippen LogP contribution in [-0.2, 0) is 31.9 Å². The van der Waals surface area contributed by atoms with E-state index in [1.54, 1.807) is 19.9 Å². The predicted molar refractivity (Wildman–Crippen MR) is 178 cm³/mol. The number of allylic oxidation sites excluding steroid dienone is 3. The minimum atomic E-state index is -2.87. The fourth-order valence-corrected chi connectivity index (χ4v) is 7.58. The van der Waals surface area contributed by atoms with Crippen molar-refractivity contribution in [1.82, 2.24) is 4.48 Å². The third-order valence-corrected chi connectivity index (χ3v) is 9.06. The monoisotopic (exact) mass is 678 g/mol. The van der Waals surface area contributed by atoms with Crippen molar-refractivity contribution < 1.29 is 27.7 Å². The van der Waals surface area contributed by atoms with E-state index in [-0.39, 0.29) is 13.2 Å². The molecule has 0 fully saturated rings. The molecule has 2 aliphatic carbocycles. The second-order valence-corrected chi connectivity index (χ2v) is 12.4. The fraction of sp³-hybridized carbons (Fsp3) is 0.400. The van der Waals surface area contributed by atoms with Crippen LogP contribution in [0.2, 0.25) is 0 Å². The summed E-state index contributed by atoms with van der Waals surface area (Å²) in [5.74, 6) is -1.02. The maximum atomic E-state index is 15.4. The molecule has 0 saturated heterocycles. The first kappa shape index (κ1) is 32.9. The molecule has 3 aliphatic rings. The molecule has 5 rings (SSSR count). The Morgan fingerprint density at radius 2 is 1.44 bits per heavy atom. The molecule has 10 heteroatoms.